The number of nitrogens with one attached hydrogen (secondary N) is 1. The SMILES string of the molecule is CCNC(=O)c1cc(I)cn2cc(-c3ccc(Cl)cc3)nc12. The Morgan fingerprint density at radius 2 is 2.05 bits per heavy atom. The van der Waals surface area contributed by atoms with E-state index in [1.54, 1.807) is 0 Å². The van der Waals surface area contributed by atoms with Gasteiger partial charge in [-0.3, -0.25) is 4.79 Å². The van der Waals surface area contributed by atoms with Crippen LogP contribution in [0.25, 0.3) is 16.9 Å². The highest BCUT2D eigenvalue weighted by molar-refractivity contribution is 14.1. The first kappa shape index (κ1) is 15.3. The van der Waals surface area contributed by atoms with Crippen LogP contribution < -0.4 is 5.32 Å². The minimum absolute atomic E-state index is 0.112. The molecule has 0 aliphatic carbocycles. The number of amides is 1. The van der Waals surface area contributed by atoms with Crippen molar-refractivity contribution in [3.8, 4) is 11.3 Å². The highest BCUT2D eigenvalue weighted by atomic mass is 127. The lowest BCUT2D eigenvalue weighted by molar-refractivity contribution is 0.0957. The molecular weight excluding hydrogens is 413 g/mol. The van der Waals surface area contributed by atoms with Gasteiger partial charge in [-0.15, -0.1) is 0 Å². The zero-order valence-corrected chi connectivity index (χ0v) is 14.7. The maximum Gasteiger partial charge on any atom is 0.255 e. The van der Waals surface area contributed by atoms with Crippen molar-refractivity contribution in [2.45, 2.75) is 6.92 Å². The third-order valence-corrected chi connectivity index (χ3v) is 4.08. The van der Waals surface area contributed by atoms with E-state index in [-0.39, 0.29) is 5.91 Å². The number of fused-ring (bicyclic) bond motifs is 1. The second kappa shape index (κ2) is 6.26. The van der Waals surface area contributed by atoms with Gasteiger partial charge in [0.05, 0.1) is 11.3 Å². The lowest BCUT2D eigenvalue weighted by atomic mass is 10.2. The molecule has 0 bridgehead atoms. The summed E-state index contributed by atoms with van der Waals surface area (Å²) in [6.07, 6.45) is 3.87. The van der Waals surface area contributed by atoms with Crippen LogP contribution in [0.4, 0.5) is 0 Å². The van der Waals surface area contributed by atoms with E-state index in [2.05, 4.69) is 32.9 Å². The minimum atomic E-state index is -0.112. The molecule has 0 aliphatic rings. The van der Waals surface area contributed by atoms with Crippen LogP contribution in [0.15, 0.2) is 42.7 Å². The first-order chi connectivity index (χ1) is 10.6. The van der Waals surface area contributed by atoms with Crippen molar-refractivity contribution < 1.29 is 4.79 Å². The standard InChI is InChI=1S/C16H13ClIN3O/c1-2-19-16(22)13-7-12(18)8-21-9-14(20-15(13)21)10-3-5-11(17)6-4-10/h3-9H,2H2,1H3,(H,19,22). The molecule has 1 N–H and O–H groups in total. The average molecular weight is 426 g/mol. The molecule has 0 radical (unpaired) electrons. The van der Waals surface area contributed by atoms with Gasteiger partial charge in [-0.05, 0) is 47.7 Å². The quantitative estimate of drug-likeness (QED) is 0.645. The molecule has 0 atom stereocenters. The van der Waals surface area contributed by atoms with Crippen molar-refractivity contribution in [1.82, 2.24) is 14.7 Å². The predicted molar refractivity (Wildman–Crippen MR) is 96.4 cm³/mol. The Hall–Kier alpha value is -1.60. The van der Waals surface area contributed by atoms with Crippen molar-refractivity contribution in [3.05, 3.63) is 56.9 Å². The average Bonchev–Trinajstić information content (AvgIpc) is 2.91. The number of hydrogen-bond acceptors (Lipinski definition) is 2. The van der Waals surface area contributed by atoms with Crippen LogP contribution >= 0.6 is 34.2 Å². The van der Waals surface area contributed by atoms with Gasteiger partial charge in [0.2, 0.25) is 0 Å². The Morgan fingerprint density at radius 1 is 1.32 bits per heavy atom. The van der Waals surface area contributed by atoms with E-state index >= 15 is 0 Å². The second-order valence-corrected chi connectivity index (χ2v) is 6.48. The van der Waals surface area contributed by atoms with E-state index < -0.39 is 0 Å². The van der Waals surface area contributed by atoms with E-state index in [1.807, 2.05) is 54.0 Å². The number of benzene rings is 1. The maximum absolute atomic E-state index is 12.2. The van der Waals surface area contributed by atoms with Gasteiger partial charge in [-0.2, -0.15) is 0 Å². The van der Waals surface area contributed by atoms with Crippen LogP contribution in [0.2, 0.25) is 5.02 Å². The lowest BCUT2D eigenvalue weighted by Gasteiger charge is -2.04. The second-order valence-electron chi connectivity index (χ2n) is 4.80. The highest BCUT2D eigenvalue weighted by Crippen LogP contribution is 2.23. The Balaban J connectivity index is 2.14. The molecule has 0 unspecified atom stereocenters. The highest BCUT2D eigenvalue weighted by Gasteiger charge is 2.14. The Bertz CT molecular complexity index is 842. The zero-order chi connectivity index (χ0) is 15.7. The molecular formula is C16H13ClIN3O. The molecule has 0 saturated heterocycles. The van der Waals surface area contributed by atoms with Crippen LogP contribution in [0.1, 0.15) is 17.3 Å². The number of pyridine rings is 1. The van der Waals surface area contributed by atoms with E-state index in [1.165, 1.54) is 0 Å². The van der Waals surface area contributed by atoms with E-state index in [0.29, 0.717) is 22.8 Å². The molecule has 3 aromatic rings. The molecule has 1 amide bonds. The molecule has 1 aromatic carbocycles. The molecule has 0 saturated carbocycles. The summed E-state index contributed by atoms with van der Waals surface area (Å²) < 4.78 is 2.86. The number of hydrogen-bond donors (Lipinski definition) is 1. The number of aromatic nitrogens is 2. The van der Waals surface area contributed by atoms with E-state index in [9.17, 15) is 4.79 Å². The van der Waals surface area contributed by atoms with Gasteiger partial charge < -0.3 is 9.72 Å². The number of nitrogens with zero attached hydrogens (tertiary/aromatic N) is 2. The molecule has 6 heteroatoms. The monoisotopic (exact) mass is 425 g/mol. The summed E-state index contributed by atoms with van der Waals surface area (Å²) in [7, 11) is 0. The number of halogens is 2. The molecule has 0 spiro atoms. The summed E-state index contributed by atoms with van der Waals surface area (Å²) in [5, 5.41) is 3.51. The van der Waals surface area contributed by atoms with Gasteiger partial charge in [0.1, 0.15) is 5.65 Å². The van der Waals surface area contributed by atoms with Gasteiger partial charge in [-0.25, -0.2) is 4.98 Å². The van der Waals surface area contributed by atoms with Crippen LogP contribution in [-0.4, -0.2) is 21.8 Å². The van der Waals surface area contributed by atoms with Crippen molar-refractivity contribution >= 4 is 45.7 Å². The summed E-state index contributed by atoms with van der Waals surface area (Å²) in [6, 6.07) is 9.34. The molecule has 0 fully saturated rings. The van der Waals surface area contributed by atoms with Crippen LogP contribution in [-0.2, 0) is 0 Å². The third-order valence-electron chi connectivity index (χ3n) is 3.24. The van der Waals surface area contributed by atoms with Crippen molar-refractivity contribution in [2.75, 3.05) is 6.54 Å². The molecule has 2 aromatic heterocycles. The first-order valence-corrected chi connectivity index (χ1v) is 8.26. The molecule has 2 heterocycles. The summed E-state index contributed by atoms with van der Waals surface area (Å²) in [5.41, 5.74) is 3.00. The van der Waals surface area contributed by atoms with E-state index in [4.69, 9.17) is 11.6 Å². The normalized spacial score (nSPS) is 10.9. The number of rotatable bonds is 3. The summed E-state index contributed by atoms with van der Waals surface area (Å²) in [4.78, 5) is 16.8. The molecule has 112 valence electrons. The van der Waals surface area contributed by atoms with E-state index in [0.717, 1.165) is 14.8 Å². The predicted octanol–water partition coefficient (Wildman–Crippen LogP) is 4.01. The smallest absolute Gasteiger partial charge is 0.255 e. The fourth-order valence-corrected chi connectivity index (χ4v) is 2.98. The van der Waals surface area contributed by atoms with Gasteiger partial charge in [0.15, 0.2) is 0 Å². The Kier molecular flexibility index (Phi) is 4.35. The van der Waals surface area contributed by atoms with Crippen LogP contribution in [0, 0.1) is 3.57 Å². The van der Waals surface area contributed by atoms with Gasteiger partial charge in [0.25, 0.3) is 5.91 Å². The van der Waals surface area contributed by atoms with Crippen LogP contribution in [0.5, 0.6) is 0 Å². The minimum Gasteiger partial charge on any atom is -0.352 e. The van der Waals surface area contributed by atoms with Gasteiger partial charge in [-0.1, -0.05) is 23.7 Å². The Morgan fingerprint density at radius 3 is 2.73 bits per heavy atom. The largest absolute Gasteiger partial charge is 0.352 e. The summed E-state index contributed by atoms with van der Waals surface area (Å²) in [5.74, 6) is -0.112. The first-order valence-electron chi connectivity index (χ1n) is 6.81. The van der Waals surface area contributed by atoms with Crippen molar-refractivity contribution in [2.24, 2.45) is 0 Å². The molecule has 0 aliphatic heterocycles. The van der Waals surface area contributed by atoms with Gasteiger partial charge >= 0.3 is 0 Å². The molecule has 22 heavy (non-hydrogen) atoms. The summed E-state index contributed by atoms with van der Waals surface area (Å²) >= 11 is 8.12. The third kappa shape index (κ3) is 2.96. The van der Waals surface area contributed by atoms with Crippen molar-refractivity contribution in [1.29, 1.82) is 0 Å². The molecule has 3 rings (SSSR count). The van der Waals surface area contributed by atoms with Gasteiger partial charge in [0, 0.05) is 33.1 Å². The Labute approximate surface area is 146 Å². The lowest BCUT2D eigenvalue weighted by Crippen LogP contribution is -2.23. The number of carbonyl (C=O) groups excluding carboxylic acids is 1. The number of imidazole rings is 1. The topological polar surface area (TPSA) is 46.4 Å². The fraction of sp³-hybridized carbons (Fsp3) is 0.125. The number of carbonyl (C=O) groups is 1. The molecule has 4 nitrogen and oxygen atoms in total. The summed E-state index contributed by atoms with van der Waals surface area (Å²) in [6.45, 7) is 2.48. The maximum atomic E-state index is 12.2. The van der Waals surface area contributed by atoms with Crippen LogP contribution in [0.3, 0.4) is 0 Å². The zero-order valence-electron chi connectivity index (χ0n) is 11.8. The fourth-order valence-electron chi connectivity index (χ4n) is 2.25. The van der Waals surface area contributed by atoms with Crippen molar-refractivity contribution in [3.63, 3.8) is 0 Å².